The maximum absolute atomic E-state index is 5.39. The fourth-order valence-electron chi connectivity index (χ4n) is 1.83. The van der Waals surface area contributed by atoms with E-state index in [0.29, 0.717) is 12.6 Å². The van der Waals surface area contributed by atoms with Gasteiger partial charge in [0.15, 0.2) is 0 Å². The molecule has 5 heteroatoms. The molecule has 96 valence electrons. The van der Waals surface area contributed by atoms with Gasteiger partial charge in [0.2, 0.25) is 5.95 Å². The highest BCUT2D eigenvalue weighted by Gasteiger charge is 2.01. The number of aromatic nitrogens is 3. The van der Waals surface area contributed by atoms with E-state index in [2.05, 4.69) is 20.3 Å². The summed E-state index contributed by atoms with van der Waals surface area (Å²) >= 11 is 0. The van der Waals surface area contributed by atoms with Gasteiger partial charge in [-0.15, -0.1) is 0 Å². The topological polar surface area (TPSA) is 62.8 Å². The van der Waals surface area contributed by atoms with E-state index in [0.717, 1.165) is 22.5 Å². The SMILES string of the molecule is CCOc1ccc(Nc2ncc3cc[nH]c3n2)cc1. The molecule has 0 bridgehead atoms. The van der Waals surface area contributed by atoms with Crippen molar-refractivity contribution in [2.75, 3.05) is 11.9 Å². The molecule has 1 aromatic carbocycles. The number of benzene rings is 1. The third kappa shape index (κ3) is 2.49. The highest BCUT2D eigenvalue weighted by Crippen LogP contribution is 2.19. The molecule has 0 radical (unpaired) electrons. The summed E-state index contributed by atoms with van der Waals surface area (Å²) in [6.45, 7) is 2.63. The molecule has 0 unspecified atom stereocenters. The Labute approximate surface area is 110 Å². The lowest BCUT2D eigenvalue weighted by molar-refractivity contribution is 0.340. The van der Waals surface area contributed by atoms with Gasteiger partial charge in [0.25, 0.3) is 0 Å². The quantitative estimate of drug-likeness (QED) is 0.751. The molecule has 0 saturated carbocycles. The van der Waals surface area contributed by atoms with E-state index >= 15 is 0 Å². The number of aromatic amines is 1. The number of anilines is 2. The Morgan fingerprint density at radius 3 is 2.84 bits per heavy atom. The van der Waals surface area contributed by atoms with Crippen LogP contribution in [0.2, 0.25) is 0 Å². The lowest BCUT2D eigenvalue weighted by Crippen LogP contribution is -1.97. The highest BCUT2D eigenvalue weighted by atomic mass is 16.5. The Balaban J connectivity index is 1.79. The van der Waals surface area contributed by atoms with Crippen molar-refractivity contribution in [3.63, 3.8) is 0 Å². The Bertz CT molecular complexity index is 675. The summed E-state index contributed by atoms with van der Waals surface area (Å²) < 4.78 is 5.39. The largest absolute Gasteiger partial charge is 0.494 e. The second kappa shape index (κ2) is 4.97. The normalized spacial score (nSPS) is 10.6. The van der Waals surface area contributed by atoms with Crippen LogP contribution >= 0.6 is 0 Å². The molecule has 5 nitrogen and oxygen atoms in total. The molecular formula is C14H14N4O. The second-order valence-corrected chi connectivity index (χ2v) is 4.06. The van der Waals surface area contributed by atoms with E-state index in [1.165, 1.54) is 0 Å². The molecule has 0 aliphatic rings. The van der Waals surface area contributed by atoms with E-state index in [9.17, 15) is 0 Å². The molecule has 2 N–H and O–H groups in total. The Morgan fingerprint density at radius 1 is 1.21 bits per heavy atom. The summed E-state index contributed by atoms with van der Waals surface area (Å²) in [7, 11) is 0. The molecule has 0 fully saturated rings. The van der Waals surface area contributed by atoms with Crippen molar-refractivity contribution in [1.29, 1.82) is 0 Å². The van der Waals surface area contributed by atoms with Crippen LogP contribution < -0.4 is 10.1 Å². The first-order valence-corrected chi connectivity index (χ1v) is 6.15. The highest BCUT2D eigenvalue weighted by molar-refractivity contribution is 5.75. The fraction of sp³-hybridized carbons (Fsp3) is 0.143. The number of hydrogen-bond acceptors (Lipinski definition) is 4. The first kappa shape index (κ1) is 11.5. The van der Waals surface area contributed by atoms with Crippen molar-refractivity contribution in [1.82, 2.24) is 15.0 Å². The smallest absolute Gasteiger partial charge is 0.229 e. The molecule has 2 aromatic heterocycles. The summed E-state index contributed by atoms with van der Waals surface area (Å²) in [5.74, 6) is 1.42. The number of H-pyrrole nitrogens is 1. The first-order valence-electron chi connectivity index (χ1n) is 6.15. The molecule has 0 amide bonds. The van der Waals surface area contributed by atoms with Gasteiger partial charge < -0.3 is 15.0 Å². The fourth-order valence-corrected chi connectivity index (χ4v) is 1.83. The summed E-state index contributed by atoms with van der Waals surface area (Å²) in [4.78, 5) is 11.7. The minimum absolute atomic E-state index is 0.569. The van der Waals surface area contributed by atoms with Gasteiger partial charge in [-0.3, -0.25) is 0 Å². The van der Waals surface area contributed by atoms with Crippen molar-refractivity contribution in [3.05, 3.63) is 42.7 Å². The van der Waals surface area contributed by atoms with Crippen LogP contribution in [0.5, 0.6) is 5.75 Å². The number of nitrogens with one attached hydrogen (secondary N) is 2. The molecule has 0 aliphatic carbocycles. The number of hydrogen-bond donors (Lipinski definition) is 2. The van der Waals surface area contributed by atoms with Crippen LogP contribution in [0.3, 0.4) is 0 Å². The standard InChI is InChI=1S/C14H14N4O/c1-2-19-12-5-3-11(4-6-12)17-14-16-9-10-7-8-15-13(10)18-14/h3-9H,2H2,1H3,(H2,15,16,17,18). The van der Waals surface area contributed by atoms with Crippen LogP contribution in [-0.4, -0.2) is 21.6 Å². The third-order valence-corrected chi connectivity index (χ3v) is 2.72. The minimum Gasteiger partial charge on any atom is -0.494 e. The number of nitrogens with zero attached hydrogens (tertiary/aromatic N) is 2. The lowest BCUT2D eigenvalue weighted by Gasteiger charge is -2.06. The van der Waals surface area contributed by atoms with Crippen molar-refractivity contribution in [3.8, 4) is 5.75 Å². The van der Waals surface area contributed by atoms with E-state index < -0.39 is 0 Å². The third-order valence-electron chi connectivity index (χ3n) is 2.72. The van der Waals surface area contributed by atoms with Gasteiger partial charge >= 0.3 is 0 Å². The van der Waals surface area contributed by atoms with Gasteiger partial charge in [-0.05, 0) is 37.3 Å². The summed E-state index contributed by atoms with van der Waals surface area (Å²) in [6.07, 6.45) is 3.63. The predicted molar refractivity (Wildman–Crippen MR) is 74.8 cm³/mol. The van der Waals surface area contributed by atoms with E-state index in [1.54, 1.807) is 6.20 Å². The Morgan fingerprint density at radius 2 is 2.05 bits per heavy atom. The molecule has 0 aliphatic heterocycles. The van der Waals surface area contributed by atoms with Crippen molar-refractivity contribution in [2.24, 2.45) is 0 Å². The van der Waals surface area contributed by atoms with E-state index in [1.807, 2.05) is 43.5 Å². The summed E-state index contributed by atoms with van der Waals surface area (Å²) in [5, 5.41) is 4.15. The Hall–Kier alpha value is -2.56. The second-order valence-electron chi connectivity index (χ2n) is 4.06. The van der Waals surface area contributed by atoms with Gasteiger partial charge in [-0.1, -0.05) is 0 Å². The molecule has 0 spiro atoms. The average molecular weight is 254 g/mol. The van der Waals surface area contributed by atoms with Crippen LogP contribution in [0, 0.1) is 0 Å². The monoisotopic (exact) mass is 254 g/mol. The number of rotatable bonds is 4. The summed E-state index contributed by atoms with van der Waals surface area (Å²) in [6, 6.07) is 9.65. The van der Waals surface area contributed by atoms with Crippen molar-refractivity contribution >= 4 is 22.7 Å². The molecular weight excluding hydrogens is 240 g/mol. The molecule has 3 rings (SSSR count). The maximum atomic E-state index is 5.39. The van der Waals surface area contributed by atoms with Crippen LogP contribution in [0.1, 0.15) is 6.92 Å². The predicted octanol–water partition coefficient (Wildman–Crippen LogP) is 3.10. The first-order chi connectivity index (χ1) is 9.35. The van der Waals surface area contributed by atoms with Gasteiger partial charge in [0.05, 0.1) is 6.61 Å². The molecule has 3 aromatic rings. The molecule has 0 saturated heterocycles. The maximum Gasteiger partial charge on any atom is 0.229 e. The van der Waals surface area contributed by atoms with Crippen LogP contribution in [0.4, 0.5) is 11.6 Å². The molecule has 0 atom stereocenters. The van der Waals surface area contributed by atoms with E-state index in [-0.39, 0.29) is 0 Å². The number of fused-ring (bicyclic) bond motifs is 1. The number of ether oxygens (including phenoxy) is 1. The average Bonchev–Trinajstić information content (AvgIpc) is 2.89. The zero-order valence-electron chi connectivity index (χ0n) is 10.6. The van der Waals surface area contributed by atoms with Crippen molar-refractivity contribution < 1.29 is 4.74 Å². The van der Waals surface area contributed by atoms with Gasteiger partial charge in [0.1, 0.15) is 11.4 Å². The Kier molecular flexibility index (Phi) is 3.02. The van der Waals surface area contributed by atoms with Gasteiger partial charge in [-0.2, -0.15) is 4.98 Å². The zero-order valence-corrected chi connectivity index (χ0v) is 10.6. The zero-order chi connectivity index (χ0) is 13.1. The minimum atomic E-state index is 0.569. The van der Waals surface area contributed by atoms with E-state index in [4.69, 9.17) is 4.74 Å². The van der Waals surface area contributed by atoms with Crippen molar-refractivity contribution in [2.45, 2.75) is 6.92 Å². The van der Waals surface area contributed by atoms with Crippen LogP contribution in [0.15, 0.2) is 42.7 Å². The van der Waals surface area contributed by atoms with Gasteiger partial charge in [-0.25, -0.2) is 4.98 Å². The van der Waals surface area contributed by atoms with Crippen LogP contribution in [-0.2, 0) is 0 Å². The lowest BCUT2D eigenvalue weighted by atomic mass is 10.3. The summed E-state index contributed by atoms with van der Waals surface area (Å²) in [5.41, 5.74) is 1.75. The molecule has 2 heterocycles. The van der Waals surface area contributed by atoms with Gasteiger partial charge in [0, 0.05) is 23.5 Å². The van der Waals surface area contributed by atoms with Crippen LogP contribution in [0.25, 0.3) is 11.0 Å². The molecule has 19 heavy (non-hydrogen) atoms.